The third-order valence-electron chi connectivity index (χ3n) is 2.42. The maximum atomic E-state index is 3.38. The topological polar surface area (TPSA) is 0 Å². The van der Waals surface area contributed by atoms with Crippen LogP contribution in [-0.2, 0) is 6.42 Å². The number of benzene rings is 1. The predicted octanol–water partition coefficient (Wildman–Crippen LogP) is 3.31. The summed E-state index contributed by atoms with van der Waals surface area (Å²) in [5, 5.41) is 0. The fraction of sp³-hybridized carbons (Fsp3) is 0.231. The fourth-order valence-corrected chi connectivity index (χ4v) is 1.59. The highest BCUT2D eigenvalue weighted by atomic mass is 14.1. The minimum absolute atomic E-state index is 0.994. The Morgan fingerprint density at radius 2 is 2.00 bits per heavy atom. The van der Waals surface area contributed by atoms with E-state index >= 15 is 0 Å². The van der Waals surface area contributed by atoms with Crippen molar-refractivity contribution in [3.8, 4) is 0 Å². The van der Waals surface area contributed by atoms with Crippen molar-refractivity contribution in [3.63, 3.8) is 0 Å². The highest BCUT2D eigenvalue weighted by Crippen LogP contribution is 2.21. The average Bonchev–Trinajstić information content (AvgIpc) is 2.54. The van der Waals surface area contributed by atoms with Gasteiger partial charge in [-0.05, 0) is 37.0 Å². The van der Waals surface area contributed by atoms with E-state index in [4.69, 9.17) is 0 Å². The zero-order chi connectivity index (χ0) is 9.10. The van der Waals surface area contributed by atoms with Crippen LogP contribution in [0.15, 0.2) is 47.6 Å². The first kappa shape index (κ1) is 8.31. The molecule has 0 heteroatoms. The van der Waals surface area contributed by atoms with Crippen molar-refractivity contribution >= 4 is 0 Å². The van der Waals surface area contributed by atoms with E-state index in [9.17, 15) is 0 Å². The summed E-state index contributed by atoms with van der Waals surface area (Å²) in [6.45, 7) is 2.16. The Kier molecular flexibility index (Phi) is 2.31. The van der Waals surface area contributed by atoms with Crippen LogP contribution in [0.4, 0.5) is 0 Å². The third kappa shape index (κ3) is 1.89. The van der Waals surface area contributed by atoms with Gasteiger partial charge in [0.05, 0.1) is 0 Å². The molecular formula is C13H13. The van der Waals surface area contributed by atoms with Crippen LogP contribution in [0.1, 0.15) is 18.9 Å². The van der Waals surface area contributed by atoms with E-state index in [0.717, 1.165) is 12.8 Å². The Morgan fingerprint density at radius 3 is 2.62 bits per heavy atom. The first-order chi connectivity index (χ1) is 6.36. The first-order valence-electron chi connectivity index (χ1n) is 4.67. The summed E-state index contributed by atoms with van der Waals surface area (Å²) in [5.41, 5.74) is 4.13. The van der Waals surface area contributed by atoms with E-state index in [1.165, 1.54) is 16.7 Å². The molecule has 65 valence electrons. The van der Waals surface area contributed by atoms with Crippen molar-refractivity contribution < 1.29 is 0 Å². The summed E-state index contributed by atoms with van der Waals surface area (Å²) in [6, 6.07) is 10.6. The Hall–Kier alpha value is -1.30. The van der Waals surface area contributed by atoms with Gasteiger partial charge in [0.2, 0.25) is 0 Å². The molecule has 2 rings (SSSR count). The maximum Gasteiger partial charge on any atom is -0.00203 e. The van der Waals surface area contributed by atoms with Gasteiger partial charge in [-0.25, -0.2) is 0 Å². The normalized spacial score (nSPS) is 15.5. The zero-order valence-electron chi connectivity index (χ0n) is 7.88. The zero-order valence-corrected chi connectivity index (χ0v) is 7.88. The fourth-order valence-electron chi connectivity index (χ4n) is 1.59. The molecule has 0 amide bonds. The van der Waals surface area contributed by atoms with E-state index in [-0.39, 0.29) is 0 Å². The summed E-state index contributed by atoms with van der Waals surface area (Å²) in [5.74, 6) is 0. The Bertz CT molecular complexity index is 342. The molecule has 0 aromatic heterocycles. The molecule has 1 aliphatic rings. The van der Waals surface area contributed by atoms with Crippen LogP contribution >= 0.6 is 0 Å². The van der Waals surface area contributed by atoms with Gasteiger partial charge in [-0.3, -0.25) is 0 Å². The lowest BCUT2D eigenvalue weighted by molar-refractivity contribution is 1.15. The van der Waals surface area contributed by atoms with Gasteiger partial charge in [0, 0.05) is 0 Å². The van der Waals surface area contributed by atoms with E-state index < -0.39 is 0 Å². The molecule has 1 aromatic carbocycles. The molecule has 0 spiro atoms. The van der Waals surface area contributed by atoms with Gasteiger partial charge in [-0.15, -0.1) is 0 Å². The molecular weight excluding hydrogens is 156 g/mol. The van der Waals surface area contributed by atoms with Crippen LogP contribution in [0.3, 0.4) is 0 Å². The van der Waals surface area contributed by atoms with Crippen molar-refractivity contribution in [1.82, 2.24) is 0 Å². The monoisotopic (exact) mass is 169 g/mol. The van der Waals surface area contributed by atoms with Gasteiger partial charge in [0.25, 0.3) is 0 Å². The molecule has 1 aromatic rings. The van der Waals surface area contributed by atoms with Gasteiger partial charge in [-0.2, -0.15) is 0 Å². The highest BCUT2D eigenvalue weighted by molar-refractivity contribution is 5.36. The van der Waals surface area contributed by atoms with Crippen molar-refractivity contribution in [1.29, 1.82) is 0 Å². The largest absolute Gasteiger partial charge is 0.0769 e. The maximum absolute atomic E-state index is 3.38. The van der Waals surface area contributed by atoms with E-state index in [0.29, 0.717) is 0 Å². The van der Waals surface area contributed by atoms with Crippen LogP contribution in [-0.4, -0.2) is 0 Å². The second kappa shape index (κ2) is 3.61. The molecule has 0 heterocycles. The van der Waals surface area contributed by atoms with Crippen LogP contribution in [0.5, 0.6) is 0 Å². The molecule has 0 nitrogen and oxygen atoms in total. The molecule has 0 saturated heterocycles. The smallest absolute Gasteiger partial charge is 0.00203 e. The third-order valence-corrected chi connectivity index (χ3v) is 2.42. The van der Waals surface area contributed by atoms with Gasteiger partial charge in [-0.1, -0.05) is 42.0 Å². The Balaban J connectivity index is 2.12. The summed E-state index contributed by atoms with van der Waals surface area (Å²) in [6.07, 6.45) is 7.64. The molecule has 0 N–H and O–H groups in total. The summed E-state index contributed by atoms with van der Waals surface area (Å²) < 4.78 is 0. The Morgan fingerprint density at radius 1 is 1.23 bits per heavy atom. The van der Waals surface area contributed by atoms with Gasteiger partial charge in [0.1, 0.15) is 0 Å². The van der Waals surface area contributed by atoms with E-state index in [2.05, 4.69) is 49.4 Å². The number of allylic oxidation sites excluding steroid dienone is 4. The minimum atomic E-state index is 0.994. The van der Waals surface area contributed by atoms with Crippen molar-refractivity contribution in [2.24, 2.45) is 0 Å². The summed E-state index contributed by atoms with van der Waals surface area (Å²) in [7, 11) is 0. The lowest BCUT2D eigenvalue weighted by Crippen LogP contribution is -1.89. The number of hydrogen-bond donors (Lipinski definition) is 0. The SMILES string of the molecule is CC1=CC[C]=C1Cc1ccccc1. The van der Waals surface area contributed by atoms with Gasteiger partial charge in [0.15, 0.2) is 0 Å². The predicted molar refractivity (Wildman–Crippen MR) is 55.3 cm³/mol. The second-order valence-electron chi connectivity index (χ2n) is 3.41. The highest BCUT2D eigenvalue weighted by Gasteiger charge is 2.05. The Labute approximate surface area is 79.6 Å². The standard InChI is InChI=1S/C13H13/c1-11-6-5-9-13(11)10-12-7-3-2-4-8-12/h2-4,6-8H,5,10H2,1H3. The molecule has 0 fully saturated rings. The lowest BCUT2D eigenvalue weighted by atomic mass is 10.0. The molecule has 1 radical (unpaired) electrons. The van der Waals surface area contributed by atoms with Crippen molar-refractivity contribution in [2.75, 3.05) is 0 Å². The molecule has 13 heavy (non-hydrogen) atoms. The van der Waals surface area contributed by atoms with Crippen molar-refractivity contribution in [2.45, 2.75) is 19.8 Å². The van der Waals surface area contributed by atoms with Crippen LogP contribution < -0.4 is 0 Å². The molecule has 0 unspecified atom stereocenters. The van der Waals surface area contributed by atoms with Crippen LogP contribution in [0.25, 0.3) is 0 Å². The lowest BCUT2D eigenvalue weighted by Gasteiger charge is -2.03. The number of rotatable bonds is 2. The molecule has 0 saturated carbocycles. The summed E-state index contributed by atoms with van der Waals surface area (Å²) in [4.78, 5) is 0. The van der Waals surface area contributed by atoms with E-state index in [1.54, 1.807) is 0 Å². The van der Waals surface area contributed by atoms with Crippen molar-refractivity contribution in [3.05, 3.63) is 59.2 Å². The average molecular weight is 169 g/mol. The second-order valence-corrected chi connectivity index (χ2v) is 3.41. The van der Waals surface area contributed by atoms with E-state index in [1.807, 2.05) is 0 Å². The van der Waals surface area contributed by atoms with Crippen LogP contribution in [0.2, 0.25) is 0 Å². The summed E-state index contributed by atoms with van der Waals surface area (Å²) >= 11 is 0. The molecule has 0 atom stereocenters. The minimum Gasteiger partial charge on any atom is -0.0769 e. The quantitative estimate of drug-likeness (QED) is 0.637. The molecule has 0 bridgehead atoms. The van der Waals surface area contributed by atoms with Gasteiger partial charge >= 0.3 is 0 Å². The first-order valence-corrected chi connectivity index (χ1v) is 4.67. The van der Waals surface area contributed by atoms with Crippen LogP contribution in [0, 0.1) is 6.08 Å². The molecule has 0 aliphatic heterocycles. The molecule has 1 aliphatic carbocycles. The number of hydrogen-bond acceptors (Lipinski definition) is 0. The van der Waals surface area contributed by atoms with Gasteiger partial charge < -0.3 is 0 Å².